The van der Waals surface area contributed by atoms with Crippen LogP contribution < -0.4 is 11.1 Å². The van der Waals surface area contributed by atoms with Gasteiger partial charge in [0.25, 0.3) is 0 Å². The highest BCUT2D eigenvalue weighted by Crippen LogP contribution is 2.32. The van der Waals surface area contributed by atoms with Gasteiger partial charge in [0.1, 0.15) is 0 Å². The Morgan fingerprint density at radius 3 is 2.94 bits per heavy atom. The van der Waals surface area contributed by atoms with Gasteiger partial charge < -0.3 is 16.2 Å². The Bertz CT molecular complexity index is 596. The molecule has 0 amide bonds. The van der Waals surface area contributed by atoms with Crippen LogP contribution in [0.1, 0.15) is 12.8 Å². The number of rotatable bonds is 2. The van der Waals surface area contributed by atoms with Crippen LogP contribution in [-0.2, 0) is 0 Å². The summed E-state index contributed by atoms with van der Waals surface area (Å²) in [6, 6.07) is 5.00. The number of nitrogens with zero attached hydrogens (tertiary/aromatic N) is 1. The number of pyridine rings is 1. The number of nitrogen functional groups attached to an aromatic ring is 1. The summed E-state index contributed by atoms with van der Waals surface area (Å²) in [6.45, 7) is 0. The summed E-state index contributed by atoms with van der Waals surface area (Å²) in [4.78, 5) is 4.19. The molecule has 5 heteroatoms. The zero-order valence-corrected chi connectivity index (χ0v) is 9.73. The smallest absolute Gasteiger partial charge is 0.150 e. The third kappa shape index (κ3) is 1.76. The zero-order valence-electron chi connectivity index (χ0n) is 9.73. The molecule has 0 spiro atoms. The first-order valence-corrected chi connectivity index (χ1v) is 5.92. The minimum Gasteiger partial charge on any atom is -0.398 e. The van der Waals surface area contributed by atoms with Gasteiger partial charge in [-0.25, -0.2) is 4.39 Å². The van der Waals surface area contributed by atoms with E-state index in [1.807, 2.05) is 6.07 Å². The lowest BCUT2D eigenvalue weighted by Crippen LogP contribution is -2.39. The molecular formula is C13H14FN3O. The number of aliphatic hydroxyl groups is 1. The molecule has 4 N–H and O–H groups in total. The Balaban J connectivity index is 2.04. The molecular weight excluding hydrogens is 233 g/mol. The third-order valence-electron chi connectivity index (χ3n) is 3.34. The first-order chi connectivity index (χ1) is 8.65. The van der Waals surface area contributed by atoms with E-state index in [-0.39, 0.29) is 12.1 Å². The number of anilines is 2. The van der Waals surface area contributed by atoms with Gasteiger partial charge in [-0.2, -0.15) is 0 Å². The van der Waals surface area contributed by atoms with Crippen LogP contribution >= 0.6 is 0 Å². The van der Waals surface area contributed by atoms with Crippen LogP contribution in [-0.4, -0.2) is 22.2 Å². The van der Waals surface area contributed by atoms with Crippen molar-refractivity contribution in [1.29, 1.82) is 0 Å². The first-order valence-electron chi connectivity index (χ1n) is 5.92. The SMILES string of the molecule is Nc1cc(F)c(NC2CC(O)C2)c2ncccc12. The quantitative estimate of drug-likeness (QED) is 0.709. The molecule has 0 atom stereocenters. The van der Waals surface area contributed by atoms with Crippen LogP contribution in [0.4, 0.5) is 15.8 Å². The molecule has 18 heavy (non-hydrogen) atoms. The van der Waals surface area contributed by atoms with Crippen molar-refractivity contribution < 1.29 is 9.50 Å². The van der Waals surface area contributed by atoms with Crippen molar-refractivity contribution in [2.24, 2.45) is 0 Å². The standard InChI is InChI=1S/C13H14FN3O/c14-10-6-11(15)9-2-1-3-16-12(9)13(10)17-7-4-8(18)5-7/h1-3,6-8,17-18H,4-5,15H2. The maximum absolute atomic E-state index is 14.0. The highest BCUT2D eigenvalue weighted by molar-refractivity contribution is 5.98. The Morgan fingerprint density at radius 2 is 2.22 bits per heavy atom. The maximum Gasteiger partial charge on any atom is 0.150 e. The number of nitrogens with two attached hydrogens (primary N) is 1. The minimum absolute atomic E-state index is 0.100. The summed E-state index contributed by atoms with van der Waals surface area (Å²) in [5, 5.41) is 13.1. The second-order valence-electron chi connectivity index (χ2n) is 4.69. The van der Waals surface area contributed by atoms with Gasteiger partial charge in [0, 0.05) is 23.3 Å². The average molecular weight is 247 g/mol. The predicted octanol–water partition coefficient (Wildman–Crippen LogP) is 1.89. The van der Waals surface area contributed by atoms with Crippen LogP contribution in [0.25, 0.3) is 10.9 Å². The van der Waals surface area contributed by atoms with Crippen LogP contribution in [0.15, 0.2) is 24.4 Å². The van der Waals surface area contributed by atoms with Crippen molar-refractivity contribution in [1.82, 2.24) is 4.98 Å². The van der Waals surface area contributed by atoms with Crippen molar-refractivity contribution in [3.63, 3.8) is 0 Å². The largest absolute Gasteiger partial charge is 0.398 e. The summed E-state index contributed by atoms with van der Waals surface area (Å²) < 4.78 is 14.0. The molecule has 1 saturated carbocycles. The van der Waals surface area contributed by atoms with E-state index in [4.69, 9.17) is 5.73 Å². The molecule has 94 valence electrons. The van der Waals surface area contributed by atoms with Gasteiger partial charge in [0.2, 0.25) is 0 Å². The van der Waals surface area contributed by atoms with E-state index >= 15 is 0 Å². The lowest BCUT2D eigenvalue weighted by atomic mass is 9.89. The normalized spacial score (nSPS) is 22.8. The second kappa shape index (κ2) is 4.10. The van der Waals surface area contributed by atoms with E-state index in [1.54, 1.807) is 12.3 Å². The van der Waals surface area contributed by atoms with E-state index in [0.717, 1.165) is 5.39 Å². The van der Waals surface area contributed by atoms with E-state index in [0.29, 0.717) is 29.7 Å². The van der Waals surface area contributed by atoms with Gasteiger partial charge in [-0.1, -0.05) is 0 Å². The lowest BCUT2D eigenvalue weighted by Gasteiger charge is -2.33. The van der Waals surface area contributed by atoms with Crippen molar-refractivity contribution in [3.8, 4) is 0 Å². The molecule has 1 aliphatic carbocycles. The van der Waals surface area contributed by atoms with E-state index < -0.39 is 5.82 Å². The topological polar surface area (TPSA) is 71.2 Å². The first kappa shape index (κ1) is 11.2. The monoisotopic (exact) mass is 247 g/mol. The predicted molar refractivity (Wildman–Crippen MR) is 68.8 cm³/mol. The second-order valence-corrected chi connectivity index (χ2v) is 4.69. The Hall–Kier alpha value is -1.88. The number of nitrogens with one attached hydrogen (secondary N) is 1. The van der Waals surface area contributed by atoms with Crippen LogP contribution in [0.2, 0.25) is 0 Å². The molecule has 1 heterocycles. The van der Waals surface area contributed by atoms with Crippen molar-refractivity contribution in [2.75, 3.05) is 11.1 Å². The molecule has 0 radical (unpaired) electrons. The molecule has 0 unspecified atom stereocenters. The Morgan fingerprint density at radius 1 is 1.44 bits per heavy atom. The number of fused-ring (bicyclic) bond motifs is 1. The molecule has 0 bridgehead atoms. The van der Waals surface area contributed by atoms with Gasteiger partial charge in [0.05, 0.1) is 17.3 Å². The number of aromatic nitrogens is 1. The fourth-order valence-electron chi connectivity index (χ4n) is 2.28. The molecule has 0 saturated heterocycles. The van der Waals surface area contributed by atoms with Crippen molar-refractivity contribution in [2.45, 2.75) is 25.0 Å². The fourth-order valence-corrected chi connectivity index (χ4v) is 2.28. The number of hydrogen-bond acceptors (Lipinski definition) is 4. The third-order valence-corrected chi connectivity index (χ3v) is 3.34. The van der Waals surface area contributed by atoms with Gasteiger partial charge >= 0.3 is 0 Å². The van der Waals surface area contributed by atoms with Gasteiger partial charge in [-0.15, -0.1) is 0 Å². The van der Waals surface area contributed by atoms with E-state index in [1.165, 1.54) is 6.07 Å². The summed E-state index contributed by atoms with van der Waals surface area (Å²) in [7, 11) is 0. The van der Waals surface area contributed by atoms with Gasteiger partial charge in [-0.05, 0) is 31.0 Å². The van der Waals surface area contributed by atoms with Gasteiger partial charge in [0.15, 0.2) is 5.82 Å². The highest BCUT2D eigenvalue weighted by Gasteiger charge is 2.28. The van der Waals surface area contributed by atoms with Crippen LogP contribution in [0.3, 0.4) is 0 Å². The van der Waals surface area contributed by atoms with E-state index in [9.17, 15) is 9.50 Å². The summed E-state index contributed by atoms with van der Waals surface area (Å²) in [5.41, 5.74) is 7.07. The van der Waals surface area contributed by atoms with Crippen molar-refractivity contribution >= 4 is 22.3 Å². The molecule has 1 aromatic heterocycles. The van der Waals surface area contributed by atoms with Crippen molar-refractivity contribution in [3.05, 3.63) is 30.2 Å². The molecule has 1 aromatic carbocycles. The summed E-state index contributed by atoms with van der Waals surface area (Å²) >= 11 is 0. The number of aliphatic hydroxyl groups excluding tert-OH is 1. The molecule has 0 aliphatic heterocycles. The molecule has 1 aliphatic rings. The number of halogens is 1. The van der Waals surface area contributed by atoms with Crippen LogP contribution in [0, 0.1) is 5.82 Å². The molecule has 4 nitrogen and oxygen atoms in total. The van der Waals surface area contributed by atoms with Crippen LogP contribution in [0.5, 0.6) is 0 Å². The Labute approximate surface area is 104 Å². The number of hydrogen-bond donors (Lipinski definition) is 3. The zero-order chi connectivity index (χ0) is 12.7. The molecule has 1 fully saturated rings. The Kier molecular flexibility index (Phi) is 2.56. The van der Waals surface area contributed by atoms with E-state index in [2.05, 4.69) is 10.3 Å². The lowest BCUT2D eigenvalue weighted by molar-refractivity contribution is 0.0836. The fraction of sp³-hybridized carbons (Fsp3) is 0.308. The van der Waals surface area contributed by atoms with Gasteiger partial charge in [-0.3, -0.25) is 4.98 Å². The molecule has 2 aromatic rings. The highest BCUT2D eigenvalue weighted by atomic mass is 19.1. The minimum atomic E-state index is -0.403. The summed E-state index contributed by atoms with van der Waals surface area (Å²) in [6.07, 6.45) is 2.61. The maximum atomic E-state index is 14.0. The number of benzene rings is 1. The molecule has 3 rings (SSSR count). The average Bonchev–Trinajstić information content (AvgIpc) is 2.32. The summed E-state index contributed by atoms with van der Waals surface area (Å²) in [5.74, 6) is -0.403.